The van der Waals surface area contributed by atoms with E-state index in [9.17, 15) is 4.79 Å². The van der Waals surface area contributed by atoms with Gasteiger partial charge in [-0.05, 0) is 25.0 Å². The van der Waals surface area contributed by atoms with E-state index in [1.807, 2.05) is 19.1 Å². The van der Waals surface area contributed by atoms with Crippen LogP contribution in [0.15, 0.2) is 28.9 Å². The second-order valence-electron chi connectivity index (χ2n) is 6.68. The average molecular weight is 421 g/mol. The predicted octanol–water partition coefficient (Wildman–Crippen LogP) is 3.62. The van der Waals surface area contributed by atoms with E-state index in [0.29, 0.717) is 16.7 Å². The fraction of sp³-hybridized carbons (Fsp3) is 0.421. The van der Waals surface area contributed by atoms with Crippen molar-refractivity contribution >= 4 is 44.2 Å². The minimum atomic E-state index is -0.243. The predicted molar refractivity (Wildman–Crippen MR) is 109 cm³/mol. The van der Waals surface area contributed by atoms with Crippen LogP contribution < -0.4 is 4.90 Å². The number of anilines is 1. The zero-order valence-electron chi connectivity index (χ0n) is 15.6. The summed E-state index contributed by atoms with van der Waals surface area (Å²) in [6, 6.07) is 5.38. The van der Waals surface area contributed by atoms with Crippen LogP contribution in [-0.2, 0) is 4.74 Å². The highest BCUT2D eigenvalue weighted by molar-refractivity contribution is 7.23. The van der Waals surface area contributed by atoms with Crippen molar-refractivity contribution < 1.29 is 14.1 Å². The monoisotopic (exact) mass is 420 g/mol. The molecule has 1 aromatic carbocycles. The van der Waals surface area contributed by atoms with Gasteiger partial charge in [0.15, 0.2) is 5.13 Å². The highest BCUT2D eigenvalue weighted by atomic mass is 35.5. The van der Waals surface area contributed by atoms with Crippen LogP contribution in [0.3, 0.4) is 0 Å². The maximum Gasteiger partial charge on any atom is 0.298 e. The molecule has 0 bridgehead atoms. The number of aryl methyl sites for hydroxylation is 1. The first-order valence-corrected chi connectivity index (χ1v) is 10.4. The fourth-order valence-electron chi connectivity index (χ4n) is 3.23. The molecule has 0 atom stereocenters. The number of thiazole rings is 1. The molecule has 2 aromatic heterocycles. The van der Waals surface area contributed by atoms with Crippen LogP contribution in [0.25, 0.3) is 10.2 Å². The number of fused-ring (bicyclic) bond motifs is 1. The molecule has 0 radical (unpaired) electrons. The molecule has 0 saturated carbocycles. The molecular formula is C19H21ClN4O3S. The first-order chi connectivity index (χ1) is 13.6. The van der Waals surface area contributed by atoms with E-state index in [4.69, 9.17) is 25.8 Å². The van der Waals surface area contributed by atoms with Crippen molar-refractivity contribution in [3.8, 4) is 0 Å². The van der Waals surface area contributed by atoms with Gasteiger partial charge in [0.05, 0.1) is 34.6 Å². The van der Waals surface area contributed by atoms with Crippen molar-refractivity contribution in [3.05, 3.63) is 40.7 Å². The zero-order chi connectivity index (χ0) is 19.5. The fourth-order valence-corrected chi connectivity index (χ4v) is 4.57. The number of ether oxygens (including phenoxy) is 1. The van der Waals surface area contributed by atoms with Gasteiger partial charge in [-0.25, -0.2) is 4.98 Å². The lowest BCUT2D eigenvalue weighted by atomic mass is 10.2. The molecule has 1 fully saturated rings. The maximum atomic E-state index is 13.0. The maximum absolute atomic E-state index is 13.0. The van der Waals surface area contributed by atoms with Crippen molar-refractivity contribution in [1.29, 1.82) is 0 Å². The second kappa shape index (κ2) is 8.57. The third-order valence-electron chi connectivity index (χ3n) is 4.77. The molecule has 3 aromatic rings. The molecule has 7 nitrogen and oxygen atoms in total. The van der Waals surface area contributed by atoms with Crippen LogP contribution in [0, 0.1) is 6.92 Å². The lowest BCUT2D eigenvalue weighted by molar-refractivity contribution is 0.0376. The summed E-state index contributed by atoms with van der Waals surface area (Å²) < 4.78 is 11.4. The molecule has 0 N–H and O–H groups in total. The molecule has 0 spiro atoms. The third-order valence-corrected chi connectivity index (χ3v) is 6.31. The first-order valence-electron chi connectivity index (χ1n) is 9.22. The van der Waals surface area contributed by atoms with Crippen LogP contribution in [0.2, 0.25) is 5.02 Å². The molecule has 1 aliphatic heterocycles. The molecule has 148 valence electrons. The molecular weight excluding hydrogens is 400 g/mol. The molecule has 1 saturated heterocycles. The summed E-state index contributed by atoms with van der Waals surface area (Å²) in [5, 5.41) is 4.92. The Hall–Kier alpha value is -2.00. The molecule has 9 heteroatoms. The van der Waals surface area contributed by atoms with Crippen LogP contribution in [-0.4, -0.2) is 60.3 Å². The normalized spacial score (nSPS) is 15.2. The van der Waals surface area contributed by atoms with E-state index in [2.05, 4.69) is 10.1 Å². The first kappa shape index (κ1) is 19.3. The summed E-state index contributed by atoms with van der Waals surface area (Å²) >= 11 is 7.78. The number of carbonyl (C=O) groups excluding carboxylic acids is 1. The van der Waals surface area contributed by atoms with Gasteiger partial charge in [0.1, 0.15) is 0 Å². The molecule has 1 aliphatic rings. The van der Waals surface area contributed by atoms with E-state index >= 15 is 0 Å². The van der Waals surface area contributed by atoms with E-state index in [0.717, 1.165) is 55.0 Å². The van der Waals surface area contributed by atoms with Gasteiger partial charge in [-0.3, -0.25) is 14.6 Å². The van der Waals surface area contributed by atoms with Crippen LogP contribution in [0.5, 0.6) is 0 Å². The minimum Gasteiger partial charge on any atom is -0.379 e. The van der Waals surface area contributed by atoms with E-state index < -0.39 is 0 Å². The molecule has 0 aliphatic carbocycles. The van der Waals surface area contributed by atoms with Gasteiger partial charge in [-0.15, -0.1) is 0 Å². The quantitative estimate of drug-likeness (QED) is 0.606. The van der Waals surface area contributed by atoms with Gasteiger partial charge >= 0.3 is 0 Å². The topological polar surface area (TPSA) is 71.7 Å². The average Bonchev–Trinajstić information content (AvgIpc) is 3.39. The number of hydrogen-bond acceptors (Lipinski definition) is 7. The summed E-state index contributed by atoms with van der Waals surface area (Å²) in [7, 11) is 0. The highest BCUT2D eigenvalue weighted by Crippen LogP contribution is 2.36. The number of halogens is 1. The van der Waals surface area contributed by atoms with Crippen molar-refractivity contribution in [2.75, 3.05) is 44.3 Å². The summed E-state index contributed by atoms with van der Waals surface area (Å²) in [6.45, 7) is 6.79. The SMILES string of the molecule is Cc1ccc(Cl)c2sc(N(CCCN3CCOCC3)C(=O)c3ccno3)nc12. The van der Waals surface area contributed by atoms with Crippen LogP contribution >= 0.6 is 22.9 Å². The van der Waals surface area contributed by atoms with Crippen LogP contribution in [0.4, 0.5) is 5.13 Å². The molecule has 3 heterocycles. The van der Waals surface area contributed by atoms with Crippen molar-refractivity contribution in [2.45, 2.75) is 13.3 Å². The van der Waals surface area contributed by atoms with Gasteiger partial charge in [0, 0.05) is 32.2 Å². The van der Waals surface area contributed by atoms with Gasteiger partial charge in [-0.2, -0.15) is 0 Å². The third kappa shape index (κ3) is 4.05. The van der Waals surface area contributed by atoms with Crippen molar-refractivity contribution in [2.24, 2.45) is 0 Å². The molecule has 28 heavy (non-hydrogen) atoms. The number of aromatic nitrogens is 2. The lowest BCUT2D eigenvalue weighted by Crippen LogP contribution is -2.39. The van der Waals surface area contributed by atoms with Crippen molar-refractivity contribution in [1.82, 2.24) is 15.0 Å². The molecule has 0 unspecified atom stereocenters. The number of benzene rings is 1. The Labute approximate surface area is 171 Å². The Kier molecular flexibility index (Phi) is 5.91. The smallest absolute Gasteiger partial charge is 0.298 e. The number of carbonyl (C=O) groups is 1. The largest absolute Gasteiger partial charge is 0.379 e. The minimum absolute atomic E-state index is 0.202. The summed E-state index contributed by atoms with van der Waals surface area (Å²) in [5.41, 5.74) is 1.86. The van der Waals surface area contributed by atoms with E-state index in [1.54, 1.807) is 11.0 Å². The zero-order valence-corrected chi connectivity index (χ0v) is 17.1. The standard InChI is InChI=1S/C19H21ClN4O3S/c1-13-3-4-14(20)17-16(13)22-19(28-17)24(18(25)15-5-6-21-27-15)8-2-7-23-9-11-26-12-10-23/h3-6H,2,7-12H2,1H3. The Morgan fingerprint density at radius 3 is 2.86 bits per heavy atom. The Balaban J connectivity index is 1.58. The van der Waals surface area contributed by atoms with Gasteiger partial charge in [-0.1, -0.05) is 34.2 Å². The Morgan fingerprint density at radius 2 is 2.14 bits per heavy atom. The Morgan fingerprint density at radius 1 is 1.32 bits per heavy atom. The Bertz CT molecular complexity index is 915. The highest BCUT2D eigenvalue weighted by Gasteiger charge is 2.25. The van der Waals surface area contributed by atoms with E-state index in [-0.39, 0.29) is 11.7 Å². The number of morpholine rings is 1. The van der Waals surface area contributed by atoms with Gasteiger partial charge < -0.3 is 9.26 Å². The lowest BCUT2D eigenvalue weighted by Gasteiger charge is -2.27. The van der Waals surface area contributed by atoms with Crippen LogP contribution in [0.1, 0.15) is 22.5 Å². The number of nitrogens with zero attached hydrogens (tertiary/aromatic N) is 4. The summed E-state index contributed by atoms with van der Waals surface area (Å²) in [6.07, 6.45) is 2.29. The molecule has 4 rings (SSSR count). The van der Waals surface area contributed by atoms with Gasteiger partial charge in [0.25, 0.3) is 5.91 Å². The van der Waals surface area contributed by atoms with Gasteiger partial charge in [0.2, 0.25) is 5.76 Å². The number of amides is 1. The van der Waals surface area contributed by atoms with E-state index in [1.165, 1.54) is 17.5 Å². The number of rotatable bonds is 6. The summed E-state index contributed by atoms with van der Waals surface area (Å²) in [5.74, 6) is -0.0410. The summed E-state index contributed by atoms with van der Waals surface area (Å²) in [4.78, 5) is 21.8. The molecule has 1 amide bonds. The van der Waals surface area contributed by atoms with Crippen molar-refractivity contribution in [3.63, 3.8) is 0 Å². The second-order valence-corrected chi connectivity index (χ2v) is 8.06. The number of hydrogen-bond donors (Lipinski definition) is 0.